The molecule has 20 heavy (non-hydrogen) atoms. The van der Waals surface area contributed by atoms with Gasteiger partial charge in [-0.3, -0.25) is 0 Å². The number of hydrogen-bond donors (Lipinski definition) is 1. The van der Waals surface area contributed by atoms with Gasteiger partial charge in [0.2, 0.25) is 0 Å². The first-order chi connectivity index (χ1) is 9.63. The molecular weight excluding hydrogens is 356 g/mol. The molecule has 1 unspecified atom stereocenters. The van der Waals surface area contributed by atoms with E-state index in [9.17, 15) is 0 Å². The van der Waals surface area contributed by atoms with E-state index < -0.39 is 0 Å². The molecule has 1 atom stereocenters. The van der Waals surface area contributed by atoms with Crippen LogP contribution in [0.2, 0.25) is 5.02 Å². The Bertz CT molecular complexity index is 723. The Morgan fingerprint density at radius 3 is 2.80 bits per heavy atom. The molecule has 2 nitrogen and oxygen atoms in total. The number of rotatable bonds is 3. The minimum Gasteiger partial charge on any atom is -0.375 e. The Hall–Kier alpha value is -1.10. The van der Waals surface area contributed by atoms with Crippen LogP contribution in [0.5, 0.6) is 0 Å². The molecule has 0 aliphatic carbocycles. The second kappa shape index (κ2) is 5.72. The number of nitrogens with one attached hydrogen (secondary N) is 1. The van der Waals surface area contributed by atoms with E-state index in [1.165, 1.54) is 4.70 Å². The molecule has 102 valence electrons. The van der Waals surface area contributed by atoms with Crippen molar-refractivity contribution in [3.05, 3.63) is 57.0 Å². The molecule has 0 radical (unpaired) electrons. The molecule has 0 aliphatic rings. The lowest BCUT2D eigenvalue weighted by Crippen LogP contribution is -2.06. The number of para-hydroxylation sites is 1. The Morgan fingerprint density at radius 2 is 2.05 bits per heavy atom. The number of benzene rings is 2. The van der Waals surface area contributed by atoms with Gasteiger partial charge in [-0.25, -0.2) is 4.98 Å². The Morgan fingerprint density at radius 1 is 1.25 bits per heavy atom. The van der Waals surface area contributed by atoms with Crippen LogP contribution in [0.1, 0.15) is 18.0 Å². The van der Waals surface area contributed by atoms with Gasteiger partial charge in [0.05, 0.1) is 27.0 Å². The molecule has 0 spiro atoms. The van der Waals surface area contributed by atoms with Crippen molar-refractivity contribution in [2.75, 3.05) is 5.32 Å². The molecule has 0 amide bonds. The van der Waals surface area contributed by atoms with E-state index in [1.54, 1.807) is 11.3 Å². The topological polar surface area (TPSA) is 24.9 Å². The van der Waals surface area contributed by atoms with E-state index >= 15 is 0 Å². The van der Waals surface area contributed by atoms with Gasteiger partial charge in [-0.2, -0.15) is 0 Å². The maximum Gasteiger partial charge on any atom is 0.116 e. The predicted octanol–water partition coefficient (Wildman–Crippen LogP) is 5.89. The first-order valence-corrected chi connectivity index (χ1v) is 8.19. The lowest BCUT2D eigenvalue weighted by Gasteiger charge is -2.14. The van der Waals surface area contributed by atoms with Crippen molar-refractivity contribution >= 4 is 54.8 Å². The standard InChI is InChI=1S/C15H12BrClN2S/c1-9(18-12-7-6-10(16)8-11(12)17)15-19-13-4-2-3-5-14(13)20-15/h2-9,18H,1H3. The molecule has 0 saturated carbocycles. The fourth-order valence-corrected chi connectivity index (χ4v) is 3.67. The van der Waals surface area contributed by atoms with Crippen LogP contribution in [0, 0.1) is 0 Å². The fourth-order valence-electron chi connectivity index (χ4n) is 1.98. The number of hydrogen-bond acceptors (Lipinski definition) is 3. The zero-order chi connectivity index (χ0) is 14.1. The average molecular weight is 368 g/mol. The van der Waals surface area contributed by atoms with Crippen molar-refractivity contribution in [3.63, 3.8) is 0 Å². The number of halogens is 2. The van der Waals surface area contributed by atoms with Crippen molar-refractivity contribution in [3.8, 4) is 0 Å². The molecule has 0 fully saturated rings. The van der Waals surface area contributed by atoms with Gasteiger partial charge in [-0.15, -0.1) is 11.3 Å². The van der Waals surface area contributed by atoms with Gasteiger partial charge in [0.1, 0.15) is 5.01 Å². The summed E-state index contributed by atoms with van der Waals surface area (Å²) in [6.07, 6.45) is 0. The van der Waals surface area contributed by atoms with Crippen LogP contribution in [0.15, 0.2) is 46.9 Å². The van der Waals surface area contributed by atoms with Crippen LogP contribution < -0.4 is 5.32 Å². The highest BCUT2D eigenvalue weighted by molar-refractivity contribution is 9.10. The quantitative estimate of drug-likeness (QED) is 0.624. The summed E-state index contributed by atoms with van der Waals surface area (Å²) < 4.78 is 2.18. The SMILES string of the molecule is CC(Nc1ccc(Br)cc1Cl)c1nc2ccccc2s1. The highest BCUT2D eigenvalue weighted by Gasteiger charge is 2.12. The second-order valence-electron chi connectivity index (χ2n) is 4.51. The summed E-state index contributed by atoms with van der Waals surface area (Å²) in [7, 11) is 0. The monoisotopic (exact) mass is 366 g/mol. The highest BCUT2D eigenvalue weighted by Crippen LogP contribution is 2.31. The third-order valence-electron chi connectivity index (χ3n) is 2.98. The molecular formula is C15H12BrClN2S. The highest BCUT2D eigenvalue weighted by atomic mass is 79.9. The molecule has 5 heteroatoms. The van der Waals surface area contributed by atoms with Crippen LogP contribution in [0.25, 0.3) is 10.2 Å². The molecule has 3 rings (SSSR count). The fraction of sp³-hybridized carbons (Fsp3) is 0.133. The van der Waals surface area contributed by atoms with Gasteiger partial charge in [-0.05, 0) is 37.3 Å². The molecule has 1 heterocycles. The normalized spacial score (nSPS) is 12.6. The van der Waals surface area contributed by atoms with Gasteiger partial charge < -0.3 is 5.32 Å². The molecule has 0 aliphatic heterocycles. The van der Waals surface area contributed by atoms with Gasteiger partial charge >= 0.3 is 0 Å². The van der Waals surface area contributed by atoms with Crippen molar-refractivity contribution in [2.24, 2.45) is 0 Å². The summed E-state index contributed by atoms with van der Waals surface area (Å²) in [6.45, 7) is 2.09. The largest absolute Gasteiger partial charge is 0.375 e. The van der Waals surface area contributed by atoms with E-state index in [0.29, 0.717) is 5.02 Å². The van der Waals surface area contributed by atoms with E-state index in [2.05, 4.69) is 39.2 Å². The maximum absolute atomic E-state index is 6.23. The smallest absolute Gasteiger partial charge is 0.116 e. The van der Waals surface area contributed by atoms with Gasteiger partial charge in [-0.1, -0.05) is 39.7 Å². The van der Waals surface area contributed by atoms with E-state index in [0.717, 1.165) is 20.7 Å². The summed E-state index contributed by atoms with van der Waals surface area (Å²) in [5.74, 6) is 0. The number of thiazole rings is 1. The number of fused-ring (bicyclic) bond motifs is 1. The third kappa shape index (κ3) is 2.82. The summed E-state index contributed by atoms with van der Waals surface area (Å²) in [5.41, 5.74) is 1.96. The lowest BCUT2D eigenvalue weighted by molar-refractivity contribution is 0.874. The summed E-state index contributed by atoms with van der Waals surface area (Å²) in [5, 5.41) is 5.17. The first-order valence-electron chi connectivity index (χ1n) is 6.20. The van der Waals surface area contributed by atoms with Crippen LogP contribution >= 0.6 is 38.9 Å². The molecule has 3 aromatic rings. The molecule has 1 aromatic heterocycles. The predicted molar refractivity (Wildman–Crippen MR) is 90.8 cm³/mol. The van der Waals surface area contributed by atoms with E-state index in [4.69, 9.17) is 11.6 Å². The Labute approximate surface area is 134 Å². The van der Waals surface area contributed by atoms with Crippen LogP contribution in [0.4, 0.5) is 5.69 Å². The summed E-state index contributed by atoms with van der Waals surface area (Å²) >= 11 is 11.3. The number of nitrogens with zero attached hydrogens (tertiary/aromatic N) is 1. The second-order valence-corrected chi connectivity index (χ2v) is 6.90. The van der Waals surface area contributed by atoms with Gasteiger partial charge in [0.25, 0.3) is 0 Å². The number of aromatic nitrogens is 1. The van der Waals surface area contributed by atoms with Crippen LogP contribution in [0.3, 0.4) is 0 Å². The molecule has 1 N–H and O–H groups in total. The number of anilines is 1. The molecule has 0 saturated heterocycles. The van der Waals surface area contributed by atoms with Crippen LogP contribution in [-0.4, -0.2) is 4.98 Å². The zero-order valence-electron chi connectivity index (χ0n) is 10.7. The Kier molecular flexibility index (Phi) is 3.96. The lowest BCUT2D eigenvalue weighted by atomic mass is 10.2. The molecule has 2 aromatic carbocycles. The van der Waals surface area contributed by atoms with Crippen LogP contribution in [-0.2, 0) is 0 Å². The van der Waals surface area contributed by atoms with E-state index in [1.807, 2.05) is 36.4 Å². The third-order valence-corrected chi connectivity index (χ3v) is 5.01. The first kappa shape index (κ1) is 13.9. The van der Waals surface area contributed by atoms with Gasteiger partial charge in [0.15, 0.2) is 0 Å². The summed E-state index contributed by atoms with van der Waals surface area (Å²) in [4.78, 5) is 4.66. The average Bonchev–Trinajstić information content (AvgIpc) is 2.86. The van der Waals surface area contributed by atoms with Gasteiger partial charge in [0, 0.05) is 4.47 Å². The van der Waals surface area contributed by atoms with Crippen molar-refractivity contribution < 1.29 is 0 Å². The van der Waals surface area contributed by atoms with Crippen molar-refractivity contribution in [1.82, 2.24) is 4.98 Å². The Balaban J connectivity index is 1.86. The maximum atomic E-state index is 6.23. The zero-order valence-corrected chi connectivity index (χ0v) is 13.9. The minimum absolute atomic E-state index is 0.117. The molecule has 0 bridgehead atoms. The van der Waals surface area contributed by atoms with E-state index in [-0.39, 0.29) is 6.04 Å². The van der Waals surface area contributed by atoms with Crippen molar-refractivity contribution in [1.29, 1.82) is 0 Å². The minimum atomic E-state index is 0.117. The summed E-state index contributed by atoms with van der Waals surface area (Å²) in [6, 6.07) is 14.1. The van der Waals surface area contributed by atoms with Crippen molar-refractivity contribution in [2.45, 2.75) is 13.0 Å².